The van der Waals surface area contributed by atoms with E-state index in [2.05, 4.69) is 31.1 Å². The standard InChI is InChI=1S/C25H34ClN3O2/c1-17-21(10-7-11-22(17)26)18(2)27-24(31)29(15-19-8-6-9-20(30)14-19)23-12-13-28(5)16-25(23,3)4/h6-11,14,18,23,30H,12-13,15-16H2,1-5H3,(H,27,31). The largest absolute Gasteiger partial charge is 0.508 e. The molecular weight excluding hydrogens is 410 g/mol. The van der Waals surface area contributed by atoms with Gasteiger partial charge >= 0.3 is 6.03 Å². The summed E-state index contributed by atoms with van der Waals surface area (Å²) in [5.74, 6) is 0.211. The molecule has 168 valence electrons. The minimum absolute atomic E-state index is 0.0592. The van der Waals surface area contributed by atoms with Gasteiger partial charge in [0.05, 0.1) is 6.04 Å². The second-order valence-electron chi connectivity index (χ2n) is 9.45. The molecule has 31 heavy (non-hydrogen) atoms. The number of likely N-dealkylation sites (tertiary alicyclic amines) is 1. The first kappa shape index (κ1) is 23.4. The zero-order valence-electron chi connectivity index (χ0n) is 19.2. The van der Waals surface area contributed by atoms with Gasteiger partial charge in [0.1, 0.15) is 5.75 Å². The van der Waals surface area contributed by atoms with Crippen molar-refractivity contribution in [2.24, 2.45) is 5.41 Å². The van der Waals surface area contributed by atoms with E-state index in [0.29, 0.717) is 11.6 Å². The number of nitrogens with one attached hydrogen (secondary N) is 1. The summed E-state index contributed by atoms with van der Waals surface area (Å²) in [7, 11) is 2.13. The number of urea groups is 1. The van der Waals surface area contributed by atoms with Gasteiger partial charge in [0.15, 0.2) is 0 Å². The lowest BCUT2D eigenvalue weighted by Crippen LogP contribution is -2.58. The molecule has 1 fully saturated rings. The number of phenols is 1. The second kappa shape index (κ2) is 9.49. The molecule has 2 aromatic rings. The molecule has 2 amide bonds. The minimum atomic E-state index is -0.174. The Morgan fingerprint density at radius 1 is 1.32 bits per heavy atom. The van der Waals surface area contributed by atoms with Gasteiger partial charge in [0.2, 0.25) is 0 Å². The normalized spacial score (nSPS) is 19.6. The van der Waals surface area contributed by atoms with E-state index in [1.807, 2.05) is 49.1 Å². The molecule has 2 atom stereocenters. The molecule has 0 bridgehead atoms. The smallest absolute Gasteiger partial charge is 0.318 e. The first-order valence-corrected chi connectivity index (χ1v) is 11.2. The van der Waals surface area contributed by atoms with Gasteiger partial charge in [-0.1, -0.05) is 49.7 Å². The number of carbonyl (C=O) groups is 1. The fraction of sp³-hybridized carbons (Fsp3) is 0.480. The van der Waals surface area contributed by atoms with Gasteiger partial charge in [-0.15, -0.1) is 0 Å². The summed E-state index contributed by atoms with van der Waals surface area (Å²) in [5, 5.41) is 13.8. The highest BCUT2D eigenvalue weighted by atomic mass is 35.5. The Kier molecular flexibility index (Phi) is 7.17. The number of benzene rings is 2. The van der Waals surface area contributed by atoms with E-state index in [1.165, 1.54) is 0 Å². The molecule has 1 aliphatic heterocycles. The lowest BCUT2D eigenvalue weighted by atomic mass is 9.78. The van der Waals surface area contributed by atoms with Crippen molar-refractivity contribution < 1.29 is 9.90 Å². The van der Waals surface area contributed by atoms with Crippen molar-refractivity contribution in [3.8, 4) is 5.75 Å². The number of halogens is 1. The molecule has 1 aliphatic rings. The van der Waals surface area contributed by atoms with Crippen LogP contribution in [-0.4, -0.2) is 47.1 Å². The molecule has 0 aliphatic carbocycles. The number of piperidine rings is 1. The summed E-state index contributed by atoms with van der Waals surface area (Å²) in [4.78, 5) is 17.8. The van der Waals surface area contributed by atoms with Crippen LogP contribution in [0.5, 0.6) is 5.75 Å². The SMILES string of the molecule is Cc1c(Cl)cccc1C(C)NC(=O)N(Cc1cccc(O)c1)C1CCN(C)CC1(C)C. The van der Waals surface area contributed by atoms with Gasteiger partial charge < -0.3 is 20.2 Å². The number of amides is 2. The van der Waals surface area contributed by atoms with Crippen LogP contribution >= 0.6 is 11.6 Å². The van der Waals surface area contributed by atoms with E-state index in [9.17, 15) is 9.90 Å². The molecule has 1 heterocycles. The van der Waals surface area contributed by atoms with E-state index >= 15 is 0 Å². The van der Waals surface area contributed by atoms with Gasteiger partial charge in [-0.3, -0.25) is 0 Å². The van der Waals surface area contributed by atoms with Gasteiger partial charge in [0, 0.05) is 24.2 Å². The Bertz CT molecular complexity index is 931. The lowest BCUT2D eigenvalue weighted by Gasteiger charge is -2.48. The van der Waals surface area contributed by atoms with Gasteiger partial charge in [-0.05, 0) is 74.2 Å². The monoisotopic (exact) mass is 443 g/mol. The number of aromatic hydroxyl groups is 1. The third kappa shape index (κ3) is 5.52. The van der Waals surface area contributed by atoms with Crippen molar-refractivity contribution in [3.63, 3.8) is 0 Å². The number of hydrogen-bond donors (Lipinski definition) is 2. The topological polar surface area (TPSA) is 55.8 Å². The molecule has 3 rings (SSSR count). The lowest BCUT2D eigenvalue weighted by molar-refractivity contribution is 0.0300. The van der Waals surface area contributed by atoms with Gasteiger partial charge in [0.25, 0.3) is 0 Å². The van der Waals surface area contributed by atoms with Gasteiger partial charge in [-0.2, -0.15) is 0 Å². The molecule has 2 aromatic carbocycles. The van der Waals surface area contributed by atoms with Crippen LogP contribution in [0.2, 0.25) is 5.02 Å². The van der Waals surface area contributed by atoms with Crippen LogP contribution in [0.4, 0.5) is 4.79 Å². The van der Waals surface area contributed by atoms with Crippen molar-refractivity contribution >= 4 is 17.6 Å². The molecule has 1 saturated heterocycles. The molecular formula is C25H34ClN3O2. The first-order chi connectivity index (χ1) is 14.6. The fourth-order valence-corrected chi connectivity index (χ4v) is 4.99. The molecule has 2 N–H and O–H groups in total. The van der Waals surface area contributed by atoms with Crippen molar-refractivity contribution in [1.29, 1.82) is 0 Å². The third-order valence-corrected chi connectivity index (χ3v) is 6.79. The van der Waals surface area contributed by atoms with E-state index in [-0.39, 0.29) is 29.3 Å². The molecule has 0 radical (unpaired) electrons. The molecule has 0 aromatic heterocycles. The van der Waals surface area contributed by atoms with Crippen molar-refractivity contribution in [2.45, 2.75) is 52.7 Å². The second-order valence-corrected chi connectivity index (χ2v) is 9.86. The summed E-state index contributed by atoms with van der Waals surface area (Å²) < 4.78 is 0. The zero-order chi connectivity index (χ0) is 22.8. The van der Waals surface area contributed by atoms with Crippen molar-refractivity contribution in [3.05, 3.63) is 64.2 Å². The Hall–Kier alpha value is -2.24. The van der Waals surface area contributed by atoms with Crippen molar-refractivity contribution in [2.75, 3.05) is 20.1 Å². The minimum Gasteiger partial charge on any atom is -0.508 e. The van der Waals surface area contributed by atoms with Crippen LogP contribution < -0.4 is 5.32 Å². The molecule has 5 nitrogen and oxygen atoms in total. The van der Waals surface area contributed by atoms with Crippen LogP contribution in [0.3, 0.4) is 0 Å². The fourth-order valence-electron chi connectivity index (χ4n) is 4.81. The Morgan fingerprint density at radius 2 is 2.03 bits per heavy atom. The maximum absolute atomic E-state index is 13.6. The zero-order valence-corrected chi connectivity index (χ0v) is 19.9. The summed E-state index contributed by atoms with van der Waals surface area (Å²) in [6, 6.07) is 12.7. The maximum atomic E-state index is 13.6. The molecule has 6 heteroatoms. The number of phenolic OH excluding ortho intramolecular Hbond substituents is 1. The molecule has 0 spiro atoms. The highest BCUT2D eigenvalue weighted by Crippen LogP contribution is 2.34. The predicted octanol–water partition coefficient (Wildman–Crippen LogP) is 5.36. The van der Waals surface area contributed by atoms with Crippen LogP contribution in [0, 0.1) is 12.3 Å². The van der Waals surface area contributed by atoms with E-state index in [0.717, 1.165) is 36.2 Å². The van der Waals surface area contributed by atoms with Crippen molar-refractivity contribution in [1.82, 2.24) is 15.1 Å². The van der Waals surface area contributed by atoms with E-state index < -0.39 is 0 Å². The Morgan fingerprint density at radius 3 is 2.71 bits per heavy atom. The summed E-state index contributed by atoms with van der Waals surface area (Å²) >= 11 is 6.30. The van der Waals surface area contributed by atoms with Crippen LogP contribution in [0.25, 0.3) is 0 Å². The van der Waals surface area contributed by atoms with Crippen LogP contribution in [0.15, 0.2) is 42.5 Å². The third-order valence-electron chi connectivity index (χ3n) is 6.38. The highest BCUT2D eigenvalue weighted by molar-refractivity contribution is 6.31. The van der Waals surface area contributed by atoms with Crippen LogP contribution in [-0.2, 0) is 6.54 Å². The Balaban J connectivity index is 1.87. The Labute approximate surface area is 191 Å². The van der Waals surface area contributed by atoms with E-state index in [1.54, 1.807) is 12.1 Å². The predicted molar refractivity (Wildman–Crippen MR) is 126 cm³/mol. The quantitative estimate of drug-likeness (QED) is 0.654. The summed E-state index contributed by atoms with van der Waals surface area (Å²) in [6.07, 6.45) is 0.903. The number of hydrogen-bond acceptors (Lipinski definition) is 3. The number of rotatable bonds is 5. The summed E-state index contributed by atoms with van der Waals surface area (Å²) in [6.45, 7) is 10.7. The number of carbonyl (C=O) groups excluding carboxylic acids is 1. The molecule has 2 unspecified atom stereocenters. The van der Waals surface area contributed by atoms with Crippen LogP contribution in [0.1, 0.15) is 49.9 Å². The molecule has 0 saturated carbocycles. The first-order valence-electron chi connectivity index (χ1n) is 10.9. The maximum Gasteiger partial charge on any atom is 0.318 e. The summed E-state index contributed by atoms with van der Waals surface area (Å²) in [5.41, 5.74) is 2.85. The van der Waals surface area contributed by atoms with E-state index in [4.69, 9.17) is 11.6 Å². The number of nitrogens with zero attached hydrogens (tertiary/aromatic N) is 2. The average Bonchev–Trinajstić information content (AvgIpc) is 2.68. The van der Waals surface area contributed by atoms with Gasteiger partial charge in [-0.25, -0.2) is 4.79 Å². The highest BCUT2D eigenvalue weighted by Gasteiger charge is 2.40. The average molecular weight is 444 g/mol.